The van der Waals surface area contributed by atoms with Gasteiger partial charge in [-0.15, -0.1) is 0 Å². The van der Waals surface area contributed by atoms with Crippen molar-refractivity contribution in [3.63, 3.8) is 0 Å². The number of ether oxygens (including phenoxy) is 3. The molecule has 1 fully saturated rings. The number of methoxy groups -OCH3 is 2. The Morgan fingerprint density at radius 3 is 2.52 bits per heavy atom. The van der Waals surface area contributed by atoms with Crippen molar-refractivity contribution < 1.29 is 14.2 Å². The van der Waals surface area contributed by atoms with Crippen LogP contribution in [-0.2, 0) is 4.74 Å². The summed E-state index contributed by atoms with van der Waals surface area (Å²) in [5.41, 5.74) is 2.82. The molecule has 1 atom stereocenters. The van der Waals surface area contributed by atoms with Crippen molar-refractivity contribution in [2.24, 2.45) is 0 Å². The lowest BCUT2D eigenvalue weighted by molar-refractivity contribution is -0.0366. The van der Waals surface area contributed by atoms with Gasteiger partial charge < -0.3 is 14.2 Å². The van der Waals surface area contributed by atoms with Gasteiger partial charge in [-0.2, -0.15) is 5.10 Å². The molecule has 0 N–H and O–H groups in total. The number of nitrogens with zero attached hydrogens (tertiary/aromatic N) is 3. The van der Waals surface area contributed by atoms with Gasteiger partial charge in [-0.25, -0.2) is 4.68 Å². The highest BCUT2D eigenvalue weighted by molar-refractivity contribution is 5.82. The molecule has 1 aliphatic rings. The zero-order valence-corrected chi connectivity index (χ0v) is 14.4. The maximum Gasteiger partial charge on any atom is 0.150 e. The number of rotatable bonds is 4. The van der Waals surface area contributed by atoms with Gasteiger partial charge in [0.2, 0.25) is 0 Å². The summed E-state index contributed by atoms with van der Waals surface area (Å²) in [4.78, 5) is 4.58. The summed E-state index contributed by atoms with van der Waals surface area (Å²) in [6, 6.07) is 7.81. The van der Waals surface area contributed by atoms with Crippen LogP contribution in [0.25, 0.3) is 22.2 Å². The molecule has 2 aromatic heterocycles. The second-order valence-electron chi connectivity index (χ2n) is 6.14. The van der Waals surface area contributed by atoms with Gasteiger partial charge in [0, 0.05) is 29.8 Å². The van der Waals surface area contributed by atoms with E-state index in [1.807, 2.05) is 35.3 Å². The molecule has 1 unspecified atom stereocenters. The second kappa shape index (κ2) is 6.72. The van der Waals surface area contributed by atoms with E-state index in [2.05, 4.69) is 16.1 Å². The van der Waals surface area contributed by atoms with E-state index >= 15 is 0 Å². The Hall–Kier alpha value is -2.60. The van der Waals surface area contributed by atoms with Crippen LogP contribution in [0.3, 0.4) is 0 Å². The third-order valence-electron chi connectivity index (χ3n) is 4.56. The lowest BCUT2D eigenvalue weighted by Gasteiger charge is -2.23. The largest absolute Gasteiger partial charge is 0.497 e. The summed E-state index contributed by atoms with van der Waals surface area (Å²) < 4.78 is 18.6. The Morgan fingerprint density at radius 2 is 1.84 bits per heavy atom. The van der Waals surface area contributed by atoms with Gasteiger partial charge in [0.05, 0.1) is 31.6 Å². The van der Waals surface area contributed by atoms with Gasteiger partial charge in [-0.3, -0.25) is 4.98 Å². The summed E-state index contributed by atoms with van der Waals surface area (Å²) in [6.07, 6.45) is 6.96. The van der Waals surface area contributed by atoms with Crippen molar-refractivity contribution >= 4 is 10.9 Å². The third-order valence-corrected chi connectivity index (χ3v) is 4.56. The van der Waals surface area contributed by atoms with Crippen LogP contribution in [0.4, 0.5) is 0 Å². The minimum atomic E-state index is 0.00125. The molecule has 1 aromatic carbocycles. The fourth-order valence-electron chi connectivity index (χ4n) is 3.20. The molecular weight excluding hydrogens is 318 g/mol. The lowest BCUT2D eigenvalue weighted by Crippen LogP contribution is -2.18. The topological polar surface area (TPSA) is 58.4 Å². The normalized spacial score (nSPS) is 17.6. The molecular formula is C19H21N3O3. The van der Waals surface area contributed by atoms with E-state index in [9.17, 15) is 0 Å². The fourth-order valence-corrected chi connectivity index (χ4v) is 3.20. The first kappa shape index (κ1) is 15.9. The molecule has 1 saturated heterocycles. The zero-order valence-electron chi connectivity index (χ0n) is 14.4. The predicted octanol–water partition coefficient (Wildman–Crippen LogP) is 3.81. The molecule has 0 bridgehead atoms. The molecule has 3 aromatic rings. The molecule has 4 rings (SSSR count). The predicted molar refractivity (Wildman–Crippen MR) is 94.9 cm³/mol. The number of fused-ring (bicyclic) bond motifs is 1. The van der Waals surface area contributed by atoms with Crippen LogP contribution in [0.15, 0.2) is 36.7 Å². The van der Waals surface area contributed by atoms with E-state index < -0.39 is 0 Å². The van der Waals surface area contributed by atoms with Crippen molar-refractivity contribution in [3.8, 4) is 22.8 Å². The summed E-state index contributed by atoms with van der Waals surface area (Å²) in [6.45, 7) is 0.789. The van der Waals surface area contributed by atoms with Crippen molar-refractivity contribution in [2.45, 2.75) is 25.5 Å². The van der Waals surface area contributed by atoms with Crippen molar-refractivity contribution in [2.75, 3.05) is 20.8 Å². The van der Waals surface area contributed by atoms with Crippen LogP contribution in [0.1, 0.15) is 25.5 Å². The van der Waals surface area contributed by atoms with Gasteiger partial charge in [-0.05, 0) is 37.5 Å². The Bertz CT molecular complexity index is 863. The Labute approximate surface area is 146 Å². The Morgan fingerprint density at radius 1 is 1.04 bits per heavy atom. The minimum Gasteiger partial charge on any atom is -0.497 e. The van der Waals surface area contributed by atoms with Crippen LogP contribution in [0.5, 0.6) is 11.5 Å². The molecule has 0 aliphatic carbocycles. The summed E-state index contributed by atoms with van der Waals surface area (Å²) in [7, 11) is 3.29. The van der Waals surface area contributed by atoms with Crippen molar-refractivity contribution in [1.29, 1.82) is 0 Å². The highest BCUT2D eigenvalue weighted by Gasteiger charge is 2.19. The molecule has 0 spiro atoms. The standard InChI is InChI=1S/C19H21N3O3/c1-23-15-7-13(8-16(9-15)24-2)17-10-18-14(11-20-17)12-21-22(18)19-5-3-4-6-25-19/h7-12,19H,3-6H2,1-2H3. The number of pyridine rings is 1. The van der Waals surface area contributed by atoms with Gasteiger partial charge in [0.1, 0.15) is 11.5 Å². The van der Waals surface area contributed by atoms with Gasteiger partial charge >= 0.3 is 0 Å². The summed E-state index contributed by atoms with van der Waals surface area (Å²) in [5.74, 6) is 1.47. The van der Waals surface area contributed by atoms with E-state index in [-0.39, 0.29) is 6.23 Å². The van der Waals surface area contributed by atoms with Gasteiger partial charge in [0.25, 0.3) is 0 Å². The molecule has 1 aliphatic heterocycles. The van der Waals surface area contributed by atoms with E-state index in [0.717, 1.165) is 59.5 Å². The monoisotopic (exact) mass is 339 g/mol. The van der Waals surface area contributed by atoms with Crippen LogP contribution in [0.2, 0.25) is 0 Å². The minimum absolute atomic E-state index is 0.00125. The fraction of sp³-hybridized carbons (Fsp3) is 0.368. The molecule has 0 amide bonds. The highest BCUT2D eigenvalue weighted by Crippen LogP contribution is 2.31. The molecule has 6 heteroatoms. The molecule has 0 saturated carbocycles. The number of hydrogen-bond acceptors (Lipinski definition) is 5. The average molecular weight is 339 g/mol. The smallest absolute Gasteiger partial charge is 0.150 e. The van der Waals surface area contributed by atoms with E-state index in [1.165, 1.54) is 0 Å². The average Bonchev–Trinajstić information content (AvgIpc) is 3.11. The SMILES string of the molecule is COc1cc(OC)cc(-c2cc3c(cn2)cnn3C2CCCCO2)c1. The van der Waals surface area contributed by atoms with Crippen molar-refractivity contribution in [3.05, 3.63) is 36.7 Å². The highest BCUT2D eigenvalue weighted by atomic mass is 16.5. The first-order valence-corrected chi connectivity index (χ1v) is 8.47. The molecule has 25 heavy (non-hydrogen) atoms. The number of benzene rings is 1. The first-order valence-electron chi connectivity index (χ1n) is 8.47. The maximum absolute atomic E-state index is 5.89. The summed E-state index contributed by atoms with van der Waals surface area (Å²) >= 11 is 0. The van der Waals surface area contributed by atoms with Crippen LogP contribution in [0, 0.1) is 0 Å². The zero-order chi connectivity index (χ0) is 17.2. The van der Waals surface area contributed by atoms with E-state index in [4.69, 9.17) is 14.2 Å². The van der Waals surface area contributed by atoms with Crippen LogP contribution >= 0.6 is 0 Å². The van der Waals surface area contributed by atoms with Crippen LogP contribution < -0.4 is 9.47 Å². The Kier molecular flexibility index (Phi) is 4.28. The van der Waals surface area contributed by atoms with E-state index in [0.29, 0.717) is 0 Å². The van der Waals surface area contributed by atoms with Crippen LogP contribution in [-0.4, -0.2) is 35.6 Å². The third kappa shape index (κ3) is 3.05. The maximum atomic E-state index is 5.89. The quantitative estimate of drug-likeness (QED) is 0.723. The van der Waals surface area contributed by atoms with Crippen molar-refractivity contribution in [1.82, 2.24) is 14.8 Å². The first-order chi connectivity index (χ1) is 12.3. The number of hydrogen-bond donors (Lipinski definition) is 0. The molecule has 130 valence electrons. The molecule has 3 heterocycles. The summed E-state index contributed by atoms with van der Waals surface area (Å²) in [5, 5.41) is 5.53. The molecule has 0 radical (unpaired) electrons. The molecule has 6 nitrogen and oxygen atoms in total. The second-order valence-corrected chi connectivity index (χ2v) is 6.14. The van der Waals surface area contributed by atoms with E-state index in [1.54, 1.807) is 14.2 Å². The number of aromatic nitrogens is 3. The Balaban J connectivity index is 1.78. The van der Waals surface area contributed by atoms with Gasteiger partial charge in [0.15, 0.2) is 6.23 Å². The lowest BCUT2D eigenvalue weighted by atomic mass is 10.1. The van der Waals surface area contributed by atoms with Gasteiger partial charge in [-0.1, -0.05) is 0 Å².